The Morgan fingerprint density at radius 1 is 1.33 bits per heavy atom. The molecule has 27 heavy (non-hydrogen) atoms. The van der Waals surface area contributed by atoms with Crippen LogP contribution in [0.4, 0.5) is 0 Å². The van der Waals surface area contributed by atoms with Gasteiger partial charge in [-0.05, 0) is 50.0 Å². The molecule has 7 nitrogen and oxygen atoms in total. The van der Waals surface area contributed by atoms with Gasteiger partial charge in [0.2, 0.25) is 0 Å². The van der Waals surface area contributed by atoms with E-state index in [1.807, 2.05) is 23.7 Å². The van der Waals surface area contributed by atoms with Crippen LogP contribution in [0.2, 0.25) is 5.02 Å². The zero-order chi connectivity index (χ0) is 19.2. The summed E-state index contributed by atoms with van der Waals surface area (Å²) in [6.45, 7) is 2.53. The summed E-state index contributed by atoms with van der Waals surface area (Å²) in [6, 6.07) is 8.57. The maximum absolute atomic E-state index is 6.24. The smallest absolute Gasteiger partial charge is 0.191 e. The van der Waals surface area contributed by atoms with Crippen molar-refractivity contribution in [1.29, 1.82) is 0 Å². The van der Waals surface area contributed by atoms with Crippen LogP contribution in [0.25, 0.3) is 0 Å². The van der Waals surface area contributed by atoms with Gasteiger partial charge in [-0.15, -0.1) is 10.2 Å². The standard InChI is InChI=1S/C19H28ClN7/c1-21-19(23-12-17-25-24-13-27(17)3)22-11-15-7-5-9-26(2)18(15)14-6-4-8-16(20)10-14/h4,6,8,10,13,15,18H,5,7,9,11-12H2,1-3H3,(H2,21,22,23). The molecule has 0 radical (unpaired) electrons. The quantitative estimate of drug-likeness (QED) is 0.606. The van der Waals surface area contributed by atoms with E-state index in [9.17, 15) is 0 Å². The van der Waals surface area contributed by atoms with Crippen molar-refractivity contribution in [2.45, 2.75) is 25.4 Å². The zero-order valence-corrected chi connectivity index (χ0v) is 16.9. The van der Waals surface area contributed by atoms with E-state index in [-0.39, 0.29) is 0 Å². The van der Waals surface area contributed by atoms with Gasteiger partial charge in [-0.1, -0.05) is 23.7 Å². The molecule has 2 aromatic rings. The van der Waals surface area contributed by atoms with Gasteiger partial charge < -0.3 is 15.2 Å². The van der Waals surface area contributed by atoms with E-state index >= 15 is 0 Å². The molecule has 2 heterocycles. The van der Waals surface area contributed by atoms with Gasteiger partial charge in [0.05, 0.1) is 6.54 Å². The van der Waals surface area contributed by atoms with Crippen LogP contribution in [0.5, 0.6) is 0 Å². The molecular weight excluding hydrogens is 362 g/mol. The SMILES string of the molecule is CN=C(NCc1nncn1C)NCC1CCCN(C)C1c1cccc(Cl)c1. The number of halogens is 1. The predicted octanol–water partition coefficient (Wildman–Crippen LogP) is 2.22. The van der Waals surface area contributed by atoms with E-state index in [0.29, 0.717) is 18.5 Å². The number of hydrogen-bond acceptors (Lipinski definition) is 4. The fourth-order valence-electron chi connectivity index (χ4n) is 3.77. The Kier molecular flexibility index (Phi) is 6.68. The van der Waals surface area contributed by atoms with Gasteiger partial charge in [0.1, 0.15) is 6.33 Å². The number of piperidine rings is 1. The van der Waals surface area contributed by atoms with Gasteiger partial charge in [-0.3, -0.25) is 9.89 Å². The summed E-state index contributed by atoms with van der Waals surface area (Å²) in [4.78, 5) is 6.76. The Balaban J connectivity index is 1.62. The molecule has 2 atom stereocenters. The highest BCUT2D eigenvalue weighted by atomic mass is 35.5. The minimum absolute atomic E-state index is 0.349. The van der Waals surface area contributed by atoms with Crippen LogP contribution in [-0.4, -0.2) is 52.8 Å². The van der Waals surface area contributed by atoms with E-state index in [1.165, 1.54) is 18.4 Å². The number of aryl methyl sites for hydroxylation is 1. The van der Waals surface area contributed by atoms with Crippen LogP contribution < -0.4 is 10.6 Å². The van der Waals surface area contributed by atoms with Gasteiger partial charge in [-0.2, -0.15) is 0 Å². The fourth-order valence-corrected chi connectivity index (χ4v) is 3.97. The number of likely N-dealkylation sites (tertiary alicyclic amines) is 1. The second kappa shape index (κ2) is 9.19. The second-order valence-corrected chi connectivity index (χ2v) is 7.48. The van der Waals surface area contributed by atoms with Gasteiger partial charge in [0.15, 0.2) is 11.8 Å². The lowest BCUT2D eigenvalue weighted by Crippen LogP contribution is -2.45. The monoisotopic (exact) mass is 389 g/mol. The average molecular weight is 390 g/mol. The van der Waals surface area contributed by atoms with Gasteiger partial charge in [0, 0.05) is 31.7 Å². The molecule has 2 N–H and O–H groups in total. The minimum Gasteiger partial charge on any atom is -0.356 e. The molecule has 0 aliphatic carbocycles. The Morgan fingerprint density at radius 2 is 2.19 bits per heavy atom. The highest BCUT2D eigenvalue weighted by molar-refractivity contribution is 6.30. The van der Waals surface area contributed by atoms with E-state index in [4.69, 9.17) is 11.6 Å². The first-order valence-electron chi connectivity index (χ1n) is 9.31. The Morgan fingerprint density at radius 3 is 2.89 bits per heavy atom. The van der Waals surface area contributed by atoms with Gasteiger partial charge in [0.25, 0.3) is 0 Å². The summed E-state index contributed by atoms with van der Waals surface area (Å²) >= 11 is 6.24. The van der Waals surface area contributed by atoms with Crippen molar-refractivity contribution < 1.29 is 0 Å². The summed E-state index contributed by atoms with van der Waals surface area (Å²) in [5.74, 6) is 2.12. The lowest BCUT2D eigenvalue weighted by atomic mass is 9.85. The molecule has 1 aromatic heterocycles. The van der Waals surface area contributed by atoms with Crippen LogP contribution in [0.3, 0.4) is 0 Å². The molecule has 0 saturated carbocycles. The number of nitrogens with zero attached hydrogens (tertiary/aromatic N) is 5. The molecule has 2 unspecified atom stereocenters. The molecular formula is C19H28ClN7. The summed E-state index contributed by atoms with van der Waals surface area (Å²) in [7, 11) is 5.91. The maximum atomic E-state index is 6.24. The lowest BCUT2D eigenvalue weighted by molar-refractivity contribution is 0.122. The van der Waals surface area contributed by atoms with E-state index in [1.54, 1.807) is 13.4 Å². The molecule has 0 amide bonds. The van der Waals surface area contributed by atoms with Crippen molar-refractivity contribution in [3.8, 4) is 0 Å². The third kappa shape index (κ3) is 4.99. The first kappa shape index (κ1) is 19.6. The summed E-state index contributed by atoms with van der Waals surface area (Å²) in [5, 5.41) is 15.6. The van der Waals surface area contributed by atoms with Crippen LogP contribution in [-0.2, 0) is 13.6 Å². The molecule has 3 rings (SSSR count). The second-order valence-electron chi connectivity index (χ2n) is 7.05. The average Bonchev–Trinajstić information content (AvgIpc) is 3.07. The number of benzene rings is 1. The van der Waals surface area contributed by atoms with E-state index in [0.717, 1.165) is 29.9 Å². The number of hydrogen-bond donors (Lipinski definition) is 2. The van der Waals surface area contributed by atoms with Gasteiger partial charge >= 0.3 is 0 Å². The highest BCUT2D eigenvalue weighted by Crippen LogP contribution is 2.35. The number of nitrogens with one attached hydrogen (secondary N) is 2. The molecule has 1 aromatic carbocycles. The van der Waals surface area contributed by atoms with Crippen LogP contribution >= 0.6 is 11.6 Å². The van der Waals surface area contributed by atoms with Gasteiger partial charge in [-0.25, -0.2) is 0 Å². The number of guanidine groups is 1. The molecule has 1 saturated heterocycles. The fraction of sp³-hybridized carbons (Fsp3) is 0.526. The van der Waals surface area contributed by atoms with Crippen molar-refractivity contribution in [2.24, 2.45) is 18.0 Å². The van der Waals surface area contributed by atoms with Crippen LogP contribution in [0.1, 0.15) is 30.3 Å². The Hall–Kier alpha value is -2.12. The summed E-state index contributed by atoms with van der Waals surface area (Å²) in [6.07, 6.45) is 4.07. The van der Waals surface area contributed by atoms with E-state index in [2.05, 4.69) is 49.9 Å². The van der Waals surface area contributed by atoms with E-state index < -0.39 is 0 Å². The van der Waals surface area contributed by atoms with Crippen molar-refractivity contribution in [3.63, 3.8) is 0 Å². The normalized spacial score (nSPS) is 21.3. The van der Waals surface area contributed by atoms with Crippen molar-refractivity contribution >= 4 is 17.6 Å². The molecule has 8 heteroatoms. The Labute approximate surface area is 165 Å². The largest absolute Gasteiger partial charge is 0.356 e. The summed E-state index contributed by atoms with van der Waals surface area (Å²) in [5.41, 5.74) is 1.28. The molecule has 0 spiro atoms. The van der Waals surface area contributed by atoms with Crippen molar-refractivity contribution in [3.05, 3.63) is 47.0 Å². The first-order valence-corrected chi connectivity index (χ1v) is 9.69. The molecule has 1 aliphatic rings. The van der Waals surface area contributed by atoms with Crippen molar-refractivity contribution in [2.75, 3.05) is 27.2 Å². The molecule has 0 bridgehead atoms. The lowest BCUT2D eigenvalue weighted by Gasteiger charge is -2.40. The zero-order valence-electron chi connectivity index (χ0n) is 16.2. The first-order chi connectivity index (χ1) is 13.1. The number of aliphatic imine (C=N–C) groups is 1. The summed E-state index contributed by atoms with van der Waals surface area (Å²) < 4.78 is 1.89. The molecule has 1 fully saturated rings. The number of aromatic nitrogens is 3. The topological polar surface area (TPSA) is 70.4 Å². The highest BCUT2D eigenvalue weighted by Gasteiger charge is 2.30. The number of rotatable bonds is 5. The Bertz CT molecular complexity index is 773. The van der Waals surface area contributed by atoms with Crippen LogP contribution in [0.15, 0.2) is 35.6 Å². The van der Waals surface area contributed by atoms with Crippen LogP contribution in [0, 0.1) is 5.92 Å². The third-order valence-corrected chi connectivity index (χ3v) is 5.41. The minimum atomic E-state index is 0.349. The molecule has 146 valence electrons. The van der Waals surface area contributed by atoms with Crippen molar-refractivity contribution in [1.82, 2.24) is 30.3 Å². The third-order valence-electron chi connectivity index (χ3n) is 5.17. The molecule has 1 aliphatic heterocycles. The maximum Gasteiger partial charge on any atom is 0.191 e. The predicted molar refractivity (Wildman–Crippen MR) is 109 cm³/mol.